The topological polar surface area (TPSA) is 18.5 Å². The van der Waals surface area contributed by atoms with E-state index in [1.165, 1.54) is 0 Å². The van der Waals surface area contributed by atoms with E-state index < -0.39 is 5.79 Å². The van der Waals surface area contributed by atoms with Crippen molar-refractivity contribution in [2.75, 3.05) is 0 Å². The van der Waals surface area contributed by atoms with Gasteiger partial charge in [0.05, 0.1) is 0 Å². The summed E-state index contributed by atoms with van der Waals surface area (Å²) in [6.07, 6.45) is 0. The van der Waals surface area contributed by atoms with Crippen LogP contribution in [-0.4, -0.2) is 0 Å². The molecule has 0 bridgehead atoms. The summed E-state index contributed by atoms with van der Waals surface area (Å²) in [6, 6.07) is 30.4. The number of rotatable bonds is 2. The lowest BCUT2D eigenvalue weighted by atomic mass is 9.97. The van der Waals surface area contributed by atoms with Crippen LogP contribution in [0.5, 0.6) is 11.5 Å². The minimum atomic E-state index is -0.980. The zero-order chi connectivity index (χ0) is 17.6. The molecular weight excluding hydrogens is 388 g/mol. The number of hydrogen-bond acceptors (Lipinski definition) is 2. The van der Waals surface area contributed by atoms with Crippen LogP contribution in [-0.2, 0) is 5.79 Å². The molecule has 0 atom stereocenters. The number of halogens is 1. The van der Waals surface area contributed by atoms with Gasteiger partial charge in [-0.25, -0.2) is 0 Å². The van der Waals surface area contributed by atoms with E-state index in [2.05, 4.69) is 34.1 Å². The lowest BCUT2D eigenvalue weighted by molar-refractivity contribution is -0.0453. The van der Waals surface area contributed by atoms with Crippen molar-refractivity contribution >= 4 is 26.7 Å². The molecule has 0 saturated carbocycles. The Kier molecular flexibility index (Phi) is 3.50. The summed E-state index contributed by atoms with van der Waals surface area (Å²) in [4.78, 5) is 0. The van der Waals surface area contributed by atoms with Crippen molar-refractivity contribution in [3.05, 3.63) is 107 Å². The summed E-state index contributed by atoms with van der Waals surface area (Å²) in [5.41, 5.74) is 1.93. The third kappa shape index (κ3) is 2.31. The molecular formula is C23H15BrO2. The van der Waals surface area contributed by atoms with Crippen LogP contribution in [0.15, 0.2) is 95.5 Å². The second-order valence-electron chi connectivity index (χ2n) is 6.31. The van der Waals surface area contributed by atoms with E-state index in [0.717, 1.165) is 37.9 Å². The Morgan fingerprint density at radius 2 is 1.31 bits per heavy atom. The highest BCUT2D eigenvalue weighted by atomic mass is 79.9. The van der Waals surface area contributed by atoms with Gasteiger partial charge in [-0.2, -0.15) is 0 Å². The molecule has 0 unspecified atom stereocenters. The number of ether oxygens (including phenoxy) is 2. The fourth-order valence-corrected chi connectivity index (χ4v) is 3.85. The van der Waals surface area contributed by atoms with Crippen molar-refractivity contribution in [1.82, 2.24) is 0 Å². The Balaban J connectivity index is 1.74. The lowest BCUT2D eigenvalue weighted by Gasteiger charge is -2.28. The molecule has 0 aliphatic carbocycles. The van der Waals surface area contributed by atoms with E-state index >= 15 is 0 Å². The molecule has 126 valence electrons. The van der Waals surface area contributed by atoms with E-state index in [-0.39, 0.29) is 0 Å². The molecule has 0 aromatic heterocycles. The first kappa shape index (κ1) is 15.5. The predicted molar refractivity (Wildman–Crippen MR) is 107 cm³/mol. The zero-order valence-electron chi connectivity index (χ0n) is 13.9. The van der Waals surface area contributed by atoms with Gasteiger partial charge in [0.25, 0.3) is 0 Å². The maximum Gasteiger partial charge on any atom is 0.305 e. The highest BCUT2D eigenvalue weighted by molar-refractivity contribution is 9.10. The molecule has 0 amide bonds. The van der Waals surface area contributed by atoms with Gasteiger partial charge >= 0.3 is 5.79 Å². The minimum Gasteiger partial charge on any atom is -0.440 e. The molecule has 26 heavy (non-hydrogen) atoms. The van der Waals surface area contributed by atoms with Crippen molar-refractivity contribution in [3.63, 3.8) is 0 Å². The van der Waals surface area contributed by atoms with Crippen LogP contribution >= 0.6 is 15.9 Å². The summed E-state index contributed by atoms with van der Waals surface area (Å²) in [7, 11) is 0. The van der Waals surface area contributed by atoms with Gasteiger partial charge in [0.1, 0.15) is 0 Å². The third-order valence-corrected chi connectivity index (χ3v) is 5.20. The van der Waals surface area contributed by atoms with Crippen molar-refractivity contribution in [2.45, 2.75) is 5.79 Å². The molecule has 1 heterocycles. The van der Waals surface area contributed by atoms with Gasteiger partial charge in [-0.3, -0.25) is 0 Å². The zero-order valence-corrected chi connectivity index (χ0v) is 15.4. The summed E-state index contributed by atoms with van der Waals surface area (Å²) in [6.45, 7) is 0. The number of fused-ring (bicyclic) bond motifs is 3. The normalized spacial score (nSPS) is 14.5. The molecule has 1 aliphatic rings. The maximum atomic E-state index is 6.58. The largest absolute Gasteiger partial charge is 0.440 e. The molecule has 3 heteroatoms. The van der Waals surface area contributed by atoms with Crippen LogP contribution in [0.25, 0.3) is 10.8 Å². The fraction of sp³-hybridized carbons (Fsp3) is 0.0435. The van der Waals surface area contributed by atoms with Crippen molar-refractivity contribution in [1.29, 1.82) is 0 Å². The molecule has 0 fully saturated rings. The first-order chi connectivity index (χ1) is 12.8. The first-order valence-corrected chi connectivity index (χ1v) is 9.27. The monoisotopic (exact) mass is 402 g/mol. The van der Waals surface area contributed by atoms with Crippen LogP contribution in [0.2, 0.25) is 0 Å². The van der Waals surface area contributed by atoms with Crippen molar-refractivity contribution in [3.8, 4) is 11.5 Å². The Labute approximate surface area is 160 Å². The van der Waals surface area contributed by atoms with Gasteiger partial charge in [-0.05, 0) is 29.7 Å². The van der Waals surface area contributed by atoms with Gasteiger partial charge in [0.15, 0.2) is 11.5 Å². The summed E-state index contributed by atoms with van der Waals surface area (Å²) in [5, 5.41) is 2.15. The van der Waals surface area contributed by atoms with E-state index in [1.54, 1.807) is 0 Å². The van der Waals surface area contributed by atoms with Crippen LogP contribution < -0.4 is 9.47 Å². The van der Waals surface area contributed by atoms with Gasteiger partial charge < -0.3 is 9.47 Å². The Hall–Kier alpha value is -2.78. The van der Waals surface area contributed by atoms with E-state index in [1.807, 2.05) is 72.8 Å². The summed E-state index contributed by atoms with van der Waals surface area (Å²) < 4.78 is 14.1. The third-order valence-electron chi connectivity index (χ3n) is 4.70. The molecule has 4 aromatic carbocycles. The molecule has 0 saturated heterocycles. The van der Waals surface area contributed by atoms with Crippen LogP contribution in [0.1, 0.15) is 11.1 Å². The lowest BCUT2D eigenvalue weighted by Crippen LogP contribution is -2.36. The second-order valence-corrected chi connectivity index (χ2v) is 7.23. The Morgan fingerprint density at radius 1 is 0.654 bits per heavy atom. The van der Waals surface area contributed by atoms with Crippen LogP contribution in [0.3, 0.4) is 0 Å². The summed E-state index contributed by atoms with van der Waals surface area (Å²) in [5.74, 6) is 0.557. The molecule has 0 N–H and O–H groups in total. The van der Waals surface area contributed by atoms with Gasteiger partial charge in [-0.15, -0.1) is 0 Å². The number of hydrogen-bond donors (Lipinski definition) is 0. The van der Waals surface area contributed by atoms with Gasteiger partial charge in [0, 0.05) is 21.0 Å². The SMILES string of the molecule is Brc1ccc2c3c(ccc2c1)OC(c1ccccc1)(c1ccccc1)O3. The fourth-order valence-electron chi connectivity index (χ4n) is 3.47. The van der Waals surface area contributed by atoms with E-state index in [4.69, 9.17) is 9.47 Å². The Bertz CT molecular complexity index is 1050. The van der Waals surface area contributed by atoms with Crippen molar-refractivity contribution in [2.24, 2.45) is 0 Å². The smallest absolute Gasteiger partial charge is 0.305 e. The Morgan fingerprint density at radius 3 is 1.96 bits per heavy atom. The van der Waals surface area contributed by atoms with Crippen LogP contribution in [0.4, 0.5) is 0 Å². The first-order valence-electron chi connectivity index (χ1n) is 8.48. The second kappa shape index (κ2) is 5.89. The summed E-state index contributed by atoms with van der Waals surface area (Å²) >= 11 is 3.54. The predicted octanol–water partition coefficient (Wildman–Crippen LogP) is 6.27. The molecule has 0 spiro atoms. The average molecular weight is 403 g/mol. The van der Waals surface area contributed by atoms with Crippen LogP contribution in [0, 0.1) is 0 Å². The minimum absolute atomic E-state index is 0.757. The number of benzene rings is 4. The molecule has 0 radical (unpaired) electrons. The molecule has 2 nitrogen and oxygen atoms in total. The van der Waals surface area contributed by atoms with Gasteiger partial charge in [0.2, 0.25) is 0 Å². The quantitative estimate of drug-likeness (QED) is 0.393. The van der Waals surface area contributed by atoms with E-state index in [9.17, 15) is 0 Å². The van der Waals surface area contributed by atoms with E-state index in [0.29, 0.717) is 0 Å². The molecule has 5 rings (SSSR count). The molecule has 4 aromatic rings. The van der Waals surface area contributed by atoms with Crippen molar-refractivity contribution < 1.29 is 9.47 Å². The average Bonchev–Trinajstić information content (AvgIpc) is 3.10. The van der Waals surface area contributed by atoms with Gasteiger partial charge in [-0.1, -0.05) is 82.7 Å². The maximum absolute atomic E-state index is 6.58. The highest BCUT2D eigenvalue weighted by Crippen LogP contribution is 2.50. The standard InChI is InChI=1S/C23H15BrO2/c24-19-12-13-20-16(15-19)11-14-21-22(20)26-23(25-21,17-7-3-1-4-8-17)18-9-5-2-6-10-18/h1-15H. The highest BCUT2D eigenvalue weighted by Gasteiger charge is 2.45. The molecule has 1 aliphatic heterocycles.